The Morgan fingerprint density at radius 1 is 1.58 bits per heavy atom. The highest BCUT2D eigenvalue weighted by Gasteiger charge is 2.12. The van der Waals surface area contributed by atoms with Crippen molar-refractivity contribution in [3.8, 4) is 0 Å². The Bertz CT molecular complexity index is 269. The van der Waals surface area contributed by atoms with Crippen molar-refractivity contribution >= 4 is 6.21 Å². The second-order valence-corrected chi connectivity index (χ2v) is 4.02. The van der Waals surface area contributed by atoms with Crippen LogP contribution >= 0.6 is 0 Å². The maximum absolute atomic E-state index is 7.06. The molecule has 66 valence electrons. The van der Waals surface area contributed by atoms with Crippen LogP contribution in [-0.4, -0.2) is 21.0 Å². The molecule has 0 aliphatic rings. The molecule has 0 unspecified atom stereocenters. The van der Waals surface area contributed by atoms with Crippen LogP contribution in [0.25, 0.3) is 0 Å². The van der Waals surface area contributed by atoms with Crippen LogP contribution in [0.5, 0.6) is 0 Å². The van der Waals surface area contributed by atoms with Crippen LogP contribution in [0, 0.1) is 10.8 Å². The molecule has 0 atom stereocenters. The van der Waals surface area contributed by atoms with E-state index in [0.29, 0.717) is 5.82 Å². The molecule has 0 fully saturated rings. The zero-order valence-corrected chi connectivity index (χ0v) is 7.70. The Kier molecular flexibility index (Phi) is 2.26. The van der Waals surface area contributed by atoms with Crippen molar-refractivity contribution in [3.05, 3.63) is 12.2 Å². The predicted octanol–water partition coefficient (Wildman–Crippen LogP) is 1.32. The molecule has 0 radical (unpaired) electrons. The van der Waals surface area contributed by atoms with Crippen molar-refractivity contribution in [1.82, 2.24) is 14.8 Å². The minimum atomic E-state index is 0.195. The largest absolute Gasteiger partial charge is 0.312 e. The third-order valence-electron chi connectivity index (χ3n) is 1.42. The molecule has 1 heterocycles. The van der Waals surface area contributed by atoms with Crippen LogP contribution in [0.1, 0.15) is 26.6 Å². The molecular formula is C8H14N4. The maximum Gasteiger partial charge on any atom is 0.174 e. The summed E-state index contributed by atoms with van der Waals surface area (Å²) < 4.78 is 1.88. The number of nitrogens with one attached hydrogen (secondary N) is 1. The van der Waals surface area contributed by atoms with Crippen molar-refractivity contribution in [2.24, 2.45) is 5.41 Å². The molecule has 0 amide bonds. The monoisotopic (exact) mass is 166 g/mol. The fraction of sp³-hybridized carbons (Fsp3) is 0.625. The Morgan fingerprint density at radius 3 is 2.75 bits per heavy atom. The van der Waals surface area contributed by atoms with E-state index < -0.39 is 0 Å². The number of rotatable bonds is 2. The van der Waals surface area contributed by atoms with Gasteiger partial charge in [-0.05, 0) is 5.41 Å². The normalized spacial score (nSPS) is 11.6. The molecule has 0 aliphatic heterocycles. The highest BCUT2D eigenvalue weighted by Crippen LogP contribution is 2.16. The summed E-state index contributed by atoms with van der Waals surface area (Å²) in [5.41, 5.74) is 0.195. The van der Waals surface area contributed by atoms with Crippen molar-refractivity contribution in [2.75, 3.05) is 0 Å². The first-order chi connectivity index (χ1) is 5.53. The van der Waals surface area contributed by atoms with E-state index in [1.54, 1.807) is 6.33 Å². The average molecular weight is 166 g/mol. The first kappa shape index (κ1) is 8.90. The summed E-state index contributed by atoms with van der Waals surface area (Å²) in [6.07, 6.45) is 2.88. The van der Waals surface area contributed by atoms with E-state index in [0.717, 1.165) is 6.54 Å². The van der Waals surface area contributed by atoms with Crippen LogP contribution < -0.4 is 0 Å². The highest BCUT2D eigenvalue weighted by molar-refractivity contribution is 5.71. The van der Waals surface area contributed by atoms with E-state index in [2.05, 4.69) is 31.0 Å². The van der Waals surface area contributed by atoms with E-state index in [1.165, 1.54) is 6.21 Å². The fourth-order valence-electron chi connectivity index (χ4n) is 1.01. The Balaban J connectivity index is 2.81. The Hall–Kier alpha value is -1.19. The van der Waals surface area contributed by atoms with E-state index in [9.17, 15) is 0 Å². The lowest BCUT2D eigenvalue weighted by molar-refractivity contribution is 0.342. The van der Waals surface area contributed by atoms with Gasteiger partial charge in [-0.1, -0.05) is 20.8 Å². The topological polar surface area (TPSA) is 54.6 Å². The summed E-state index contributed by atoms with van der Waals surface area (Å²) in [5, 5.41) is 14.6. The van der Waals surface area contributed by atoms with Gasteiger partial charge in [0.15, 0.2) is 5.82 Å². The SMILES string of the molecule is CC(C)(C)Cn1cnnc1C=N. The van der Waals surface area contributed by atoms with Gasteiger partial charge in [-0.2, -0.15) is 0 Å². The summed E-state index contributed by atoms with van der Waals surface area (Å²) in [5.74, 6) is 0.616. The molecular weight excluding hydrogens is 152 g/mol. The lowest BCUT2D eigenvalue weighted by Gasteiger charge is -2.18. The van der Waals surface area contributed by atoms with E-state index in [1.807, 2.05) is 4.57 Å². The quantitative estimate of drug-likeness (QED) is 0.674. The van der Waals surface area contributed by atoms with Crippen molar-refractivity contribution in [2.45, 2.75) is 27.3 Å². The van der Waals surface area contributed by atoms with Gasteiger partial charge < -0.3 is 9.98 Å². The van der Waals surface area contributed by atoms with Gasteiger partial charge in [0.05, 0.1) is 6.21 Å². The molecule has 1 rings (SSSR count). The number of nitrogens with zero attached hydrogens (tertiary/aromatic N) is 3. The van der Waals surface area contributed by atoms with Gasteiger partial charge >= 0.3 is 0 Å². The molecule has 1 aromatic rings. The molecule has 1 N–H and O–H groups in total. The Labute approximate surface area is 72.1 Å². The molecule has 1 aromatic heterocycles. The third kappa shape index (κ3) is 2.15. The lowest BCUT2D eigenvalue weighted by Crippen LogP contribution is -2.16. The van der Waals surface area contributed by atoms with Crippen LogP contribution in [0.3, 0.4) is 0 Å². The number of hydrogen-bond donors (Lipinski definition) is 1. The number of aromatic nitrogens is 3. The summed E-state index contributed by atoms with van der Waals surface area (Å²) in [6, 6.07) is 0. The highest BCUT2D eigenvalue weighted by atomic mass is 15.3. The summed E-state index contributed by atoms with van der Waals surface area (Å²) in [7, 11) is 0. The standard InChI is InChI=1S/C8H14N4/c1-8(2,3)5-12-6-10-11-7(12)4-9/h4,6,9H,5H2,1-3H3. The van der Waals surface area contributed by atoms with Crippen molar-refractivity contribution in [1.29, 1.82) is 5.41 Å². The minimum Gasteiger partial charge on any atom is -0.312 e. The average Bonchev–Trinajstić information content (AvgIpc) is 2.31. The van der Waals surface area contributed by atoms with Crippen molar-refractivity contribution in [3.63, 3.8) is 0 Å². The summed E-state index contributed by atoms with van der Waals surface area (Å²) in [6.45, 7) is 7.26. The van der Waals surface area contributed by atoms with Gasteiger partial charge in [-0.15, -0.1) is 10.2 Å². The molecule has 0 aliphatic carbocycles. The fourth-order valence-corrected chi connectivity index (χ4v) is 1.01. The minimum absolute atomic E-state index is 0.195. The van der Waals surface area contributed by atoms with Gasteiger partial charge in [0, 0.05) is 6.54 Å². The first-order valence-electron chi connectivity index (χ1n) is 3.91. The lowest BCUT2D eigenvalue weighted by atomic mass is 9.97. The summed E-state index contributed by atoms with van der Waals surface area (Å²) in [4.78, 5) is 0. The first-order valence-corrected chi connectivity index (χ1v) is 3.91. The zero-order chi connectivity index (χ0) is 9.19. The van der Waals surface area contributed by atoms with Gasteiger partial charge in [-0.25, -0.2) is 0 Å². The molecule has 4 heteroatoms. The zero-order valence-electron chi connectivity index (χ0n) is 7.70. The van der Waals surface area contributed by atoms with Gasteiger partial charge in [-0.3, -0.25) is 0 Å². The van der Waals surface area contributed by atoms with Gasteiger partial charge in [0.25, 0.3) is 0 Å². The van der Waals surface area contributed by atoms with Crippen LogP contribution in [0.15, 0.2) is 6.33 Å². The predicted molar refractivity (Wildman–Crippen MR) is 47.4 cm³/mol. The maximum atomic E-state index is 7.06. The summed E-state index contributed by atoms with van der Waals surface area (Å²) >= 11 is 0. The smallest absolute Gasteiger partial charge is 0.174 e. The van der Waals surface area contributed by atoms with Gasteiger partial charge in [0.2, 0.25) is 0 Å². The second-order valence-electron chi connectivity index (χ2n) is 4.02. The van der Waals surface area contributed by atoms with Crippen LogP contribution in [0.4, 0.5) is 0 Å². The van der Waals surface area contributed by atoms with E-state index in [-0.39, 0.29) is 5.41 Å². The molecule has 0 saturated carbocycles. The molecule has 4 nitrogen and oxygen atoms in total. The third-order valence-corrected chi connectivity index (χ3v) is 1.42. The molecule has 0 aromatic carbocycles. The molecule has 0 saturated heterocycles. The molecule has 0 bridgehead atoms. The number of hydrogen-bond acceptors (Lipinski definition) is 3. The van der Waals surface area contributed by atoms with E-state index >= 15 is 0 Å². The van der Waals surface area contributed by atoms with Gasteiger partial charge in [0.1, 0.15) is 6.33 Å². The Morgan fingerprint density at radius 2 is 2.25 bits per heavy atom. The molecule has 12 heavy (non-hydrogen) atoms. The van der Waals surface area contributed by atoms with Crippen LogP contribution in [0.2, 0.25) is 0 Å². The molecule has 0 spiro atoms. The van der Waals surface area contributed by atoms with Crippen molar-refractivity contribution < 1.29 is 0 Å². The second kappa shape index (κ2) is 3.05. The van der Waals surface area contributed by atoms with E-state index in [4.69, 9.17) is 5.41 Å². The van der Waals surface area contributed by atoms with Crippen LogP contribution in [-0.2, 0) is 6.54 Å².